The summed E-state index contributed by atoms with van der Waals surface area (Å²) in [5.41, 5.74) is 1.71. The molecular weight excluding hydrogens is 258 g/mol. The highest BCUT2D eigenvalue weighted by molar-refractivity contribution is 7.84. The second-order valence-electron chi connectivity index (χ2n) is 4.13. The summed E-state index contributed by atoms with van der Waals surface area (Å²) in [5.74, 6) is 0.202. The number of carbonyl (C=O) groups is 1. The van der Waals surface area contributed by atoms with Crippen LogP contribution in [0.5, 0.6) is 0 Å². The van der Waals surface area contributed by atoms with Crippen LogP contribution in [0.1, 0.15) is 5.56 Å². The van der Waals surface area contributed by atoms with Gasteiger partial charge in [0, 0.05) is 22.2 Å². The molecule has 2 aromatic carbocycles. The van der Waals surface area contributed by atoms with Crippen LogP contribution in [0.4, 0.5) is 5.69 Å². The first-order chi connectivity index (χ1) is 9.24. The van der Waals surface area contributed by atoms with Crippen molar-refractivity contribution in [3.05, 3.63) is 66.2 Å². The van der Waals surface area contributed by atoms with E-state index in [1.54, 1.807) is 12.1 Å². The summed E-state index contributed by atoms with van der Waals surface area (Å²) < 4.78 is 11.9. The maximum Gasteiger partial charge on any atom is 0.237 e. The molecule has 0 aliphatic carbocycles. The largest absolute Gasteiger partial charge is 0.325 e. The van der Waals surface area contributed by atoms with Gasteiger partial charge in [0.25, 0.3) is 0 Å². The molecule has 0 aliphatic heterocycles. The maximum atomic E-state index is 11.9. The van der Waals surface area contributed by atoms with Crippen molar-refractivity contribution < 1.29 is 9.00 Å². The van der Waals surface area contributed by atoms with Gasteiger partial charge in [-0.2, -0.15) is 0 Å². The van der Waals surface area contributed by atoms with Crippen LogP contribution < -0.4 is 5.32 Å². The molecule has 0 bridgehead atoms. The first-order valence-electron chi connectivity index (χ1n) is 5.98. The van der Waals surface area contributed by atoms with Crippen molar-refractivity contribution in [3.63, 3.8) is 0 Å². The fraction of sp³-hybridized carbons (Fsp3) is 0.133. The van der Waals surface area contributed by atoms with Crippen LogP contribution in [0.15, 0.2) is 60.7 Å². The molecule has 0 aromatic heterocycles. The number of amides is 1. The van der Waals surface area contributed by atoms with Gasteiger partial charge in [0.15, 0.2) is 0 Å². The molecular formula is C15H15NO2S. The number of para-hydroxylation sites is 1. The van der Waals surface area contributed by atoms with Gasteiger partial charge in [0.1, 0.15) is 5.75 Å². The van der Waals surface area contributed by atoms with Crippen LogP contribution >= 0.6 is 0 Å². The van der Waals surface area contributed by atoms with E-state index in [1.165, 1.54) is 0 Å². The molecule has 0 saturated carbocycles. The van der Waals surface area contributed by atoms with Crippen molar-refractivity contribution >= 4 is 22.4 Å². The lowest BCUT2D eigenvalue weighted by atomic mass is 10.2. The minimum Gasteiger partial charge on any atom is -0.325 e. The van der Waals surface area contributed by atoms with Crippen LogP contribution in [0, 0.1) is 0 Å². The highest BCUT2D eigenvalue weighted by Gasteiger charge is 2.08. The van der Waals surface area contributed by atoms with Crippen LogP contribution in [0.25, 0.3) is 0 Å². The zero-order chi connectivity index (χ0) is 13.5. The first-order valence-corrected chi connectivity index (χ1v) is 7.46. The Labute approximate surface area is 115 Å². The van der Waals surface area contributed by atoms with Crippen molar-refractivity contribution in [2.45, 2.75) is 5.75 Å². The lowest BCUT2D eigenvalue weighted by molar-refractivity contribution is -0.113. The third kappa shape index (κ3) is 4.67. The molecule has 1 amide bonds. The predicted molar refractivity (Wildman–Crippen MR) is 78.2 cm³/mol. The molecule has 2 aromatic rings. The SMILES string of the molecule is O=C(CS(=O)Cc1ccccc1)Nc1ccccc1. The molecule has 0 aliphatic rings. The highest BCUT2D eigenvalue weighted by Crippen LogP contribution is 2.06. The van der Waals surface area contributed by atoms with Gasteiger partial charge in [-0.25, -0.2) is 0 Å². The van der Waals surface area contributed by atoms with Gasteiger partial charge in [-0.15, -0.1) is 0 Å². The number of rotatable bonds is 5. The van der Waals surface area contributed by atoms with E-state index in [4.69, 9.17) is 0 Å². The Morgan fingerprint density at radius 2 is 1.53 bits per heavy atom. The van der Waals surface area contributed by atoms with E-state index in [0.29, 0.717) is 5.75 Å². The highest BCUT2D eigenvalue weighted by atomic mass is 32.2. The number of hydrogen-bond acceptors (Lipinski definition) is 2. The van der Waals surface area contributed by atoms with E-state index in [-0.39, 0.29) is 11.7 Å². The molecule has 0 fully saturated rings. The number of nitrogens with one attached hydrogen (secondary N) is 1. The fourth-order valence-corrected chi connectivity index (χ4v) is 2.71. The van der Waals surface area contributed by atoms with E-state index < -0.39 is 10.8 Å². The Balaban J connectivity index is 1.84. The minimum absolute atomic E-state index is 0.0176. The van der Waals surface area contributed by atoms with Gasteiger partial charge in [-0.05, 0) is 17.7 Å². The fourth-order valence-electron chi connectivity index (χ4n) is 1.68. The van der Waals surface area contributed by atoms with Crippen LogP contribution in [-0.2, 0) is 21.3 Å². The van der Waals surface area contributed by atoms with Crippen molar-refractivity contribution in [1.29, 1.82) is 0 Å². The minimum atomic E-state index is -1.19. The van der Waals surface area contributed by atoms with Crippen molar-refractivity contribution in [2.75, 3.05) is 11.1 Å². The normalized spacial score (nSPS) is 11.8. The second kappa shape index (κ2) is 6.85. The van der Waals surface area contributed by atoms with Gasteiger partial charge >= 0.3 is 0 Å². The lowest BCUT2D eigenvalue weighted by Crippen LogP contribution is -2.20. The van der Waals surface area contributed by atoms with E-state index in [2.05, 4.69) is 5.32 Å². The van der Waals surface area contributed by atoms with E-state index >= 15 is 0 Å². The van der Waals surface area contributed by atoms with Gasteiger partial charge in [0.05, 0.1) is 0 Å². The standard InChI is InChI=1S/C15H15NO2S/c17-15(16-14-9-5-2-6-10-14)12-19(18)11-13-7-3-1-4-8-13/h1-10H,11-12H2,(H,16,17). The Morgan fingerprint density at radius 3 is 2.16 bits per heavy atom. The molecule has 19 heavy (non-hydrogen) atoms. The van der Waals surface area contributed by atoms with Gasteiger partial charge in [-0.3, -0.25) is 9.00 Å². The molecule has 0 spiro atoms. The maximum absolute atomic E-state index is 11.9. The average Bonchev–Trinajstić information content (AvgIpc) is 2.40. The predicted octanol–water partition coefficient (Wildman–Crippen LogP) is 2.57. The summed E-state index contributed by atoms with van der Waals surface area (Å²) in [6, 6.07) is 18.7. The van der Waals surface area contributed by atoms with Crippen molar-refractivity contribution in [3.8, 4) is 0 Å². The molecule has 0 heterocycles. The van der Waals surface area contributed by atoms with Crippen LogP contribution in [0.3, 0.4) is 0 Å². The molecule has 0 radical (unpaired) electrons. The Hall–Kier alpha value is -1.94. The average molecular weight is 273 g/mol. The lowest BCUT2D eigenvalue weighted by Gasteiger charge is -2.05. The third-order valence-electron chi connectivity index (χ3n) is 2.52. The zero-order valence-electron chi connectivity index (χ0n) is 10.4. The topological polar surface area (TPSA) is 46.2 Å². The summed E-state index contributed by atoms with van der Waals surface area (Å²) in [7, 11) is -1.19. The summed E-state index contributed by atoms with van der Waals surface area (Å²) in [6.07, 6.45) is 0. The van der Waals surface area contributed by atoms with Crippen molar-refractivity contribution in [2.24, 2.45) is 0 Å². The Bertz CT molecular complexity index is 503. The van der Waals surface area contributed by atoms with Gasteiger partial charge in [0.2, 0.25) is 5.91 Å². The molecule has 1 atom stereocenters. The number of anilines is 1. The molecule has 4 heteroatoms. The number of carbonyl (C=O) groups excluding carboxylic acids is 1. The van der Waals surface area contributed by atoms with Gasteiger partial charge < -0.3 is 5.32 Å². The van der Waals surface area contributed by atoms with Crippen LogP contribution in [-0.4, -0.2) is 15.9 Å². The smallest absolute Gasteiger partial charge is 0.237 e. The third-order valence-corrected chi connectivity index (χ3v) is 3.76. The van der Waals surface area contributed by atoms with Crippen molar-refractivity contribution in [1.82, 2.24) is 0 Å². The van der Waals surface area contributed by atoms with Gasteiger partial charge in [-0.1, -0.05) is 48.5 Å². The molecule has 1 unspecified atom stereocenters. The van der Waals surface area contributed by atoms with E-state index in [9.17, 15) is 9.00 Å². The second-order valence-corrected chi connectivity index (χ2v) is 5.59. The molecule has 1 N–H and O–H groups in total. The summed E-state index contributed by atoms with van der Waals surface area (Å²) >= 11 is 0. The van der Waals surface area contributed by atoms with E-state index in [0.717, 1.165) is 11.3 Å². The molecule has 98 valence electrons. The summed E-state index contributed by atoms with van der Waals surface area (Å²) in [4.78, 5) is 11.7. The number of hydrogen-bond donors (Lipinski definition) is 1. The number of benzene rings is 2. The summed E-state index contributed by atoms with van der Waals surface area (Å²) in [6.45, 7) is 0. The van der Waals surface area contributed by atoms with Crippen LogP contribution in [0.2, 0.25) is 0 Å². The quantitative estimate of drug-likeness (QED) is 0.910. The molecule has 0 saturated heterocycles. The molecule has 2 rings (SSSR count). The molecule has 3 nitrogen and oxygen atoms in total. The monoisotopic (exact) mass is 273 g/mol. The first kappa shape index (κ1) is 13.5. The summed E-state index contributed by atoms with van der Waals surface area (Å²) in [5, 5.41) is 2.73. The zero-order valence-corrected chi connectivity index (χ0v) is 11.2. The Kier molecular flexibility index (Phi) is 4.86. The Morgan fingerprint density at radius 1 is 0.947 bits per heavy atom. The van der Waals surface area contributed by atoms with E-state index in [1.807, 2.05) is 48.5 Å².